The number of hydrogen-bond acceptors (Lipinski definition) is 10. The fraction of sp³-hybridized carbons (Fsp3) is 0.250. The number of hydrogen-bond donors (Lipinski definition) is 6. The third-order valence-electron chi connectivity index (χ3n) is 7.14. The SMILES string of the molecule is Cn1c(CC(=O)NCCC(=O)Nc2ccc(N=Nc3ccc(NC(=O)CCNC(=O)Cc4cc(=O)[nH]c(=O)n4C)cc3)cc2)cc(=O)[nH]c1=O. The summed E-state index contributed by atoms with van der Waals surface area (Å²) in [6.45, 7) is 0.111. The van der Waals surface area contributed by atoms with Crippen molar-refractivity contribution in [1.29, 1.82) is 0 Å². The van der Waals surface area contributed by atoms with Crippen molar-refractivity contribution in [3.8, 4) is 0 Å². The van der Waals surface area contributed by atoms with E-state index in [0.29, 0.717) is 22.7 Å². The second-order valence-electron chi connectivity index (χ2n) is 10.9. The van der Waals surface area contributed by atoms with Crippen LogP contribution in [0.25, 0.3) is 0 Å². The lowest BCUT2D eigenvalue weighted by Gasteiger charge is -2.09. The molecule has 0 radical (unpaired) electrons. The summed E-state index contributed by atoms with van der Waals surface area (Å²) in [6.07, 6.45) is -0.383. The van der Waals surface area contributed by atoms with Gasteiger partial charge in [0.2, 0.25) is 23.6 Å². The molecule has 0 aliphatic rings. The number of aromatic amines is 2. The van der Waals surface area contributed by atoms with Crippen molar-refractivity contribution >= 4 is 46.4 Å². The van der Waals surface area contributed by atoms with Crippen LogP contribution in [-0.4, -0.2) is 55.8 Å². The zero-order chi connectivity index (χ0) is 36.2. The van der Waals surface area contributed by atoms with Gasteiger partial charge in [-0.25, -0.2) is 9.59 Å². The van der Waals surface area contributed by atoms with Gasteiger partial charge in [-0.1, -0.05) is 0 Å². The molecule has 260 valence electrons. The van der Waals surface area contributed by atoms with Crippen LogP contribution in [0.15, 0.2) is 90.1 Å². The van der Waals surface area contributed by atoms with Crippen LogP contribution < -0.4 is 43.8 Å². The van der Waals surface area contributed by atoms with E-state index in [9.17, 15) is 38.4 Å². The molecule has 0 fully saturated rings. The van der Waals surface area contributed by atoms with Gasteiger partial charge in [0.1, 0.15) is 0 Å². The van der Waals surface area contributed by atoms with E-state index in [-0.39, 0.29) is 62.0 Å². The van der Waals surface area contributed by atoms with Crippen molar-refractivity contribution in [2.24, 2.45) is 24.3 Å². The van der Waals surface area contributed by atoms with Crippen LogP contribution in [0.1, 0.15) is 24.2 Å². The number of carbonyl (C=O) groups excluding carboxylic acids is 4. The topological polar surface area (TPSA) is 251 Å². The van der Waals surface area contributed by atoms with Crippen LogP contribution in [0.3, 0.4) is 0 Å². The monoisotopic (exact) mass is 686 g/mol. The molecular formula is C32H34N10O8. The lowest BCUT2D eigenvalue weighted by atomic mass is 10.2. The Morgan fingerprint density at radius 1 is 0.580 bits per heavy atom. The zero-order valence-corrected chi connectivity index (χ0v) is 27.1. The van der Waals surface area contributed by atoms with Crippen molar-refractivity contribution in [2.45, 2.75) is 25.7 Å². The predicted molar refractivity (Wildman–Crippen MR) is 182 cm³/mol. The number of nitrogens with one attached hydrogen (secondary N) is 6. The second-order valence-corrected chi connectivity index (χ2v) is 10.9. The quantitative estimate of drug-likeness (QED) is 0.100. The number of H-pyrrole nitrogens is 2. The maximum absolute atomic E-state index is 12.3. The van der Waals surface area contributed by atoms with Crippen LogP contribution in [0.4, 0.5) is 22.7 Å². The molecule has 18 nitrogen and oxygen atoms in total. The van der Waals surface area contributed by atoms with Gasteiger partial charge in [-0.15, -0.1) is 0 Å². The molecule has 0 atom stereocenters. The fourth-order valence-corrected chi connectivity index (χ4v) is 4.42. The van der Waals surface area contributed by atoms with E-state index in [1.165, 1.54) is 35.4 Å². The number of anilines is 2. The van der Waals surface area contributed by atoms with Crippen LogP contribution in [0.2, 0.25) is 0 Å². The second kappa shape index (κ2) is 16.9. The van der Waals surface area contributed by atoms with Crippen molar-refractivity contribution < 1.29 is 19.2 Å². The Hall–Kier alpha value is -6.72. The molecule has 18 heteroatoms. The number of benzene rings is 2. The number of rotatable bonds is 14. The number of aromatic nitrogens is 4. The minimum Gasteiger partial charge on any atom is -0.355 e. The Balaban J connectivity index is 1.15. The summed E-state index contributed by atoms with van der Waals surface area (Å²) in [4.78, 5) is 99.4. The van der Waals surface area contributed by atoms with Gasteiger partial charge in [0.25, 0.3) is 11.1 Å². The Bertz CT molecular complexity index is 1990. The van der Waals surface area contributed by atoms with Crippen LogP contribution >= 0.6 is 0 Å². The minimum absolute atomic E-state index is 0.00251. The van der Waals surface area contributed by atoms with Gasteiger partial charge in [0, 0.05) is 74.9 Å². The van der Waals surface area contributed by atoms with Crippen molar-refractivity contribution in [3.05, 3.63) is 114 Å². The molecule has 0 saturated carbocycles. The highest BCUT2D eigenvalue weighted by Gasteiger charge is 2.11. The van der Waals surface area contributed by atoms with E-state index in [1.807, 2.05) is 0 Å². The highest BCUT2D eigenvalue weighted by Crippen LogP contribution is 2.22. The molecule has 4 aromatic rings. The molecule has 0 saturated heterocycles. The normalized spacial score (nSPS) is 10.8. The van der Waals surface area contributed by atoms with Gasteiger partial charge in [-0.2, -0.15) is 10.2 Å². The van der Waals surface area contributed by atoms with Gasteiger partial charge in [0.15, 0.2) is 0 Å². The summed E-state index contributed by atoms with van der Waals surface area (Å²) in [6, 6.07) is 15.5. The van der Waals surface area contributed by atoms with E-state index < -0.39 is 34.3 Å². The fourth-order valence-electron chi connectivity index (χ4n) is 4.42. The molecule has 0 aliphatic carbocycles. The first-order chi connectivity index (χ1) is 23.9. The van der Waals surface area contributed by atoms with Crippen molar-refractivity contribution in [1.82, 2.24) is 29.7 Å². The first-order valence-corrected chi connectivity index (χ1v) is 15.2. The number of nitrogens with zero attached hydrogens (tertiary/aromatic N) is 4. The van der Waals surface area contributed by atoms with Crippen LogP contribution in [0, 0.1) is 0 Å². The summed E-state index contributed by atoms with van der Waals surface area (Å²) in [5, 5.41) is 18.9. The largest absolute Gasteiger partial charge is 0.355 e. The number of carbonyl (C=O) groups is 4. The first-order valence-electron chi connectivity index (χ1n) is 15.2. The third kappa shape index (κ3) is 10.9. The van der Waals surface area contributed by atoms with Crippen LogP contribution in [0.5, 0.6) is 0 Å². The molecule has 0 spiro atoms. The summed E-state index contributed by atoms with van der Waals surface area (Å²) in [5.74, 6) is -1.56. The first kappa shape index (κ1) is 36.1. The summed E-state index contributed by atoms with van der Waals surface area (Å²) < 4.78 is 2.33. The van der Waals surface area contributed by atoms with Crippen molar-refractivity contribution in [2.75, 3.05) is 23.7 Å². The maximum atomic E-state index is 12.3. The molecular weight excluding hydrogens is 652 g/mol. The molecule has 0 bridgehead atoms. The van der Waals surface area contributed by atoms with Gasteiger partial charge in [0.05, 0.1) is 24.2 Å². The van der Waals surface area contributed by atoms with E-state index in [2.05, 4.69) is 41.5 Å². The van der Waals surface area contributed by atoms with Crippen LogP contribution in [-0.2, 0) is 46.1 Å². The average molecular weight is 687 g/mol. The highest BCUT2D eigenvalue weighted by molar-refractivity contribution is 5.92. The number of amides is 4. The number of azo groups is 1. The molecule has 0 aliphatic heterocycles. The molecule has 2 aromatic carbocycles. The highest BCUT2D eigenvalue weighted by atomic mass is 16.2. The van der Waals surface area contributed by atoms with E-state index in [4.69, 9.17) is 0 Å². The zero-order valence-electron chi connectivity index (χ0n) is 27.1. The Kier molecular flexibility index (Phi) is 12.2. The molecule has 2 aromatic heterocycles. The molecule has 50 heavy (non-hydrogen) atoms. The molecule has 0 unspecified atom stereocenters. The van der Waals surface area contributed by atoms with E-state index >= 15 is 0 Å². The predicted octanol–water partition coefficient (Wildman–Crippen LogP) is 0.251. The summed E-state index contributed by atoms with van der Waals surface area (Å²) in [5.41, 5.74) is 0.109. The summed E-state index contributed by atoms with van der Waals surface area (Å²) >= 11 is 0. The Labute approximate surface area is 282 Å². The summed E-state index contributed by atoms with van der Waals surface area (Å²) in [7, 11) is 2.87. The maximum Gasteiger partial charge on any atom is 0.328 e. The minimum atomic E-state index is -0.623. The Morgan fingerprint density at radius 3 is 1.30 bits per heavy atom. The molecule has 4 rings (SSSR count). The van der Waals surface area contributed by atoms with Crippen molar-refractivity contribution in [3.63, 3.8) is 0 Å². The molecule has 6 N–H and O–H groups in total. The standard InChI is InChI=1S/C32H34N10O8/c1-41-23(17-29(47)37-31(41)49)15-27(45)33-13-11-25(43)35-19-3-7-21(8-4-19)39-40-22-9-5-20(6-10-22)36-26(44)12-14-34-28(46)16-24-18-30(48)38-32(50)42(24)2/h3-10,17-18H,11-16H2,1-2H3,(H,33,45)(H,34,46)(H,35,43)(H,36,44)(H,37,47,49)(H,38,48,50). The molecule has 2 heterocycles. The van der Waals surface area contributed by atoms with E-state index in [1.54, 1.807) is 48.5 Å². The third-order valence-corrected chi connectivity index (χ3v) is 7.14. The van der Waals surface area contributed by atoms with E-state index in [0.717, 1.165) is 0 Å². The van der Waals surface area contributed by atoms with Gasteiger partial charge >= 0.3 is 11.4 Å². The van der Waals surface area contributed by atoms with Gasteiger partial charge in [-0.3, -0.25) is 38.7 Å². The lowest BCUT2D eigenvalue weighted by Crippen LogP contribution is -2.34. The Morgan fingerprint density at radius 2 is 0.940 bits per heavy atom. The van der Waals surface area contributed by atoms with Gasteiger partial charge in [-0.05, 0) is 48.5 Å². The van der Waals surface area contributed by atoms with Gasteiger partial charge < -0.3 is 30.4 Å². The lowest BCUT2D eigenvalue weighted by molar-refractivity contribution is -0.122. The smallest absolute Gasteiger partial charge is 0.328 e. The molecule has 4 amide bonds. The average Bonchev–Trinajstić information content (AvgIpc) is 3.06.